The Bertz CT molecular complexity index is 1220. The van der Waals surface area contributed by atoms with Crippen LogP contribution in [0.15, 0.2) is 90.0 Å². The van der Waals surface area contributed by atoms with Gasteiger partial charge in [0.25, 0.3) is 0 Å². The highest BCUT2D eigenvalue weighted by Gasteiger charge is 2.65. The molecule has 31 heavy (non-hydrogen) atoms. The maximum absolute atomic E-state index is 10.3. The molecule has 0 spiro atoms. The van der Waals surface area contributed by atoms with Crippen molar-refractivity contribution < 1.29 is 0 Å². The maximum atomic E-state index is 10.3. The topological polar surface area (TPSA) is 95.2 Å². The van der Waals surface area contributed by atoms with Crippen molar-refractivity contribution in [1.29, 1.82) is 21.0 Å². The lowest BCUT2D eigenvalue weighted by Crippen LogP contribution is -2.49. The first kappa shape index (κ1) is 19.9. The number of hydrogen-bond donors (Lipinski definition) is 0. The number of nitriles is 4. The van der Waals surface area contributed by atoms with E-state index in [1.807, 2.05) is 79.7 Å². The summed E-state index contributed by atoms with van der Waals surface area (Å²) in [5.41, 5.74) is 0.813. The zero-order valence-corrected chi connectivity index (χ0v) is 16.9. The molecule has 3 aliphatic rings. The molecule has 146 valence electrons. The fraction of sp³-hybridized carbons (Fsp3) is 0.185. The van der Waals surface area contributed by atoms with Gasteiger partial charge in [0.2, 0.25) is 0 Å². The molecule has 4 nitrogen and oxygen atoms in total. The van der Waals surface area contributed by atoms with Crippen LogP contribution in [-0.4, -0.2) is 0 Å². The Labute approximate surface area is 181 Å². The van der Waals surface area contributed by atoms with E-state index in [0.717, 1.165) is 27.8 Å². The molecule has 2 bridgehead atoms. The summed E-state index contributed by atoms with van der Waals surface area (Å²) in [5, 5.41) is 40.7. The van der Waals surface area contributed by atoms with Crippen LogP contribution in [0.3, 0.4) is 0 Å². The molecule has 0 N–H and O–H groups in total. The van der Waals surface area contributed by atoms with E-state index in [0.29, 0.717) is 0 Å². The van der Waals surface area contributed by atoms with Crippen molar-refractivity contribution in [1.82, 2.24) is 0 Å². The highest BCUT2D eigenvalue weighted by Crippen LogP contribution is 2.60. The van der Waals surface area contributed by atoms with Gasteiger partial charge in [-0.05, 0) is 34.8 Å². The molecule has 0 radical (unpaired) electrons. The van der Waals surface area contributed by atoms with Gasteiger partial charge in [-0.2, -0.15) is 21.0 Å². The van der Waals surface area contributed by atoms with E-state index >= 15 is 0 Å². The second kappa shape index (κ2) is 7.46. The highest BCUT2D eigenvalue weighted by atomic mass is 14.6. The Kier molecular flexibility index (Phi) is 4.79. The lowest BCUT2D eigenvalue weighted by molar-refractivity contribution is 0.205. The molecule has 0 saturated heterocycles. The number of nitrogens with zero attached hydrogens (tertiary/aromatic N) is 4. The third-order valence-electron chi connectivity index (χ3n) is 6.36. The van der Waals surface area contributed by atoms with Crippen molar-refractivity contribution in [3.8, 4) is 24.3 Å². The van der Waals surface area contributed by atoms with Gasteiger partial charge in [-0.1, -0.05) is 78.9 Å². The Morgan fingerprint density at radius 1 is 0.710 bits per heavy atom. The van der Waals surface area contributed by atoms with Gasteiger partial charge >= 0.3 is 0 Å². The van der Waals surface area contributed by atoms with Gasteiger partial charge in [-0.25, -0.2) is 0 Å². The van der Waals surface area contributed by atoms with Crippen molar-refractivity contribution in [2.45, 2.75) is 6.92 Å². The monoisotopic (exact) mass is 398 g/mol. The van der Waals surface area contributed by atoms with E-state index in [4.69, 9.17) is 0 Å². The van der Waals surface area contributed by atoms with E-state index < -0.39 is 22.7 Å². The molecule has 5 rings (SSSR count). The fourth-order valence-electron chi connectivity index (χ4n) is 4.86. The minimum atomic E-state index is -1.84. The lowest BCUT2D eigenvalue weighted by Gasteiger charge is -2.41. The highest BCUT2D eigenvalue weighted by molar-refractivity contribution is 5.86. The third kappa shape index (κ3) is 2.64. The molecule has 2 aromatic rings. The minimum absolute atomic E-state index is 0.650. The van der Waals surface area contributed by atoms with Crippen LogP contribution >= 0.6 is 0 Å². The van der Waals surface area contributed by atoms with Crippen molar-refractivity contribution in [2.75, 3.05) is 0 Å². The van der Waals surface area contributed by atoms with Gasteiger partial charge in [0.05, 0.1) is 24.3 Å². The van der Waals surface area contributed by atoms with Crippen molar-refractivity contribution in [3.05, 3.63) is 101 Å². The summed E-state index contributed by atoms with van der Waals surface area (Å²) in [6, 6.07) is 28.0. The molecule has 0 aliphatic heterocycles. The third-order valence-corrected chi connectivity index (χ3v) is 6.36. The van der Waals surface area contributed by atoms with E-state index in [1.165, 1.54) is 0 Å². The second-order valence-electron chi connectivity index (χ2n) is 7.82. The van der Waals surface area contributed by atoms with Gasteiger partial charge < -0.3 is 0 Å². The number of hydrogen-bond acceptors (Lipinski definition) is 4. The minimum Gasteiger partial charge on any atom is -0.196 e. The first-order valence-electron chi connectivity index (χ1n) is 9.95. The Morgan fingerprint density at radius 3 is 1.65 bits per heavy atom. The maximum Gasteiger partial charge on any atom is 0.186 e. The van der Waals surface area contributed by atoms with Gasteiger partial charge in [0, 0.05) is 11.8 Å². The summed E-state index contributed by atoms with van der Waals surface area (Å²) in [5.74, 6) is -1.38. The van der Waals surface area contributed by atoms with Crippen molar-refractivity contribution >= 4 is 5.57 Å². The largest absolute Gasteiger partial charge is 0.196 e. The fourth-order valence-corrected chi connectivity index (χ4v) is 4.86. The van der Waals surface area contributed by atoms with E-state index in [-0.39, 0.29) is 0 Å². The molecular weight excluding hydrogens is 380 g/mol. The van der Waals surface area contributed by atoms with E-state index in [2.05, 4.69) is 24.3 Å². The van der Waals surface area contributed by atoms with Crippen LogP contribution in [0.5, 0.6) is 0 Å². The van der Waals surface area contributed by atoms with Crippen LogP contribution in [0.25, 0.3) is 5.57 Å². The summed E-state index contributed by atoms with van der Waals surface area (Å²) in [6.45, 7) is 1.93. The quantitative estimate of drug-likeness (QED) is 0.640. The number of allylic oxidation sites excluding steroid dienone is 5. The van der Waals surface area contributed by atoms with Gasteiger partial charge in [0.15, 0.2) is 10.8 Å². The molecule has 0 saturated carbocycles. The molecule has 0 amide bonds. The number of benzene rings is 2. The van der Waals surface area contributed by atoms with Crippen molar-refractivity contribution in [2.24, 2.45) is 22.7 Å². The Balaban J connectivity index is 2.17. The summed E-state index contributed by atoms with van der Waals surface area (Å²) >= 11 is 0. The van der Waals surface area contributed by atoms with Gasteiger partial charge in [-0.3, -0.25) is 0 Å². The van der Waals surface area contributed by atoms with Crippen LogP contribution < -0.4 is 0 Å². The molecule has 4 heteroatoms. The Morgan fingerprint density at radius 2 is 1.19 bits per heavy atom. The van der Waals surface area contributed by atoms with Crippen LogP contribution in [0.4, 0.5) is 0 Å². The average molecular weight is 398 g/mol. The van der Waals surface area contributed by atoms with Crippen LogP contribution in [0.1, 0.15) is 18.1 Å². The second-order valence-corrected chi connectivity index (χ2v) is 7.82. The summed E-state index contributed by atoms with van der Waals surface area (Å²) in [7, 11) is 0. The average Bonchev–Trinajstić information content (AvgIpc) is 3.04. The summed E-state index contributed by atoms with van der Waals surface area (Å²) in [6.07, 6.45) is 5.49. The molecule has 2 unspecified atom stereocenters. The zero-order chi connectivity index (χ0) is 22.1. The van der Waals surface area contributed by atoms with E-state index in [1.54, 1.807) is 6.08 Å². The van der Waals surface area contributed by atoms with E-state index in [9.17, 15) is 21.0 Å². The van der Waals surface area contributed by atoms with Crippen LogP contribution in [0, 0.1) is 68.0 Å². The standard InChI is InChI=1S/C27H18N4/c1-19-14-22-12-13-23(27(17-30,18-31)26(22,15-28)16-29)24(19)25(20-8-4-2-5-9-20)21-10-6-3-7-11-21/h2-14,22-23H,1H3. The molecule has 2 aromatic carbocycles. The molecule has 2 atom stereocenters. The molecule has 0 fully saturated rings. The SMILES string of the molecule is CC1=CC2C=CC(C1=C(c1ccccc1)c1ccccc1)C(C#N)(C#N)C2(C#N)C#N. The van der Waals surface area contributed by atoms with Crippen LogP contribution in [-0.2, 0) is 0 Å². The predicted molar refractivity (Wildman–Crippen MR) is 116 cm³/mol. The normalized spacial score (nSPS) is 22.1. The molecule has 0 heterocycles. The zero-order valence-electron chi connectivity index (χ0n) is 16.9. The molecular formula is C27H18N4. The van der Waals surface area contributed by atoms with Gasteiger partial charge in [-0.15, -0.1) is 0 Å². The summed E-state index contributed by atoms with van der Waals surface area (Å²) in [4.78, 5) is 0. The van der Waals surface area contributed by atoms with Crippen molar-refractivity contribution in [3.63, 3.8) is 0 Å². The number of rotatable bonds is 2. The lowest BCUT2D eigenvalue weighted by atomic mass is 9.52. The molecule has 3 aliphatic carbocycles. The Hall–Kier alpha value is -4.38. The van der Waals surface area contributed by atoms with Crippen LogP contribution in [0.2, 0.25) is 0 Å². The predicted octanol–water partition coefficient (Wildman–Crippen LogP) is 5.32. The first-order chi connectivity index (χ1) is 15.1. The molecule has 0 aromatic heterocycles. The van der Waals surface area contributed by atoms with Gasteiger partial charge in [0.1, 0.15) is 0 Å². The first-order valence-corrected chi connectivity index (χ1v) is 9.95. The number of fused-ring (bicyclic) bond motifs is 2. The smallest absolute Gasteiger partial charge is 0.186 e. The summed E-state index contributed by atoms with van der Waals surface area (Å²) < 4.78 is 0.